The monoisotopic (exact) mass is 139 g/mol. The Morgan fingerprint density at radius 3 is 2.70 bits per heavy atom. The first-order valence-electron chi connectivity index (χ1n) is 4.14. The molecule has 0 N–H and O–H groups in total. The molecule has 0 aromatic carbocycles. The second kappa shape index (κ2) is 2.60. The predicted molar refractivity (Wildman–Crippen MR) is 40.2 cm³/mol. The summed E-state index contributed by atoms with van der Waals surface area (Å²) < 4.78 is 5.39. The van der Waals surface area contributed by atoms with Crippen molar-refractivity contribution in [2.24, 2.45) is 10.9 Å². The molecule has 2 heteroatoms. The molecule has 2 nitrogen and oxygen atoms in total. The summed E-state index contributed by atoms with van der Waals surface area (Å²) in [6, 6.07) is 0. The van der Waals surface area contributed by atoms with Gasteiger partial charge in [0.2, 0.25) is 0 Å². The van der Waals surface area contributed by atoms with Crippen LogP contribution in [-0.4, -0.2) is 19.0 Å². The fourth-order valence-electron chi connectivity index (χ4n) is 1.77. The quantitative estimate of drug-likeness (QED) is 0.540. The van der Waals surface area contributed by atoms with Gasteiger partial charge in [0.15, 0.2) is 5.90 Å². The molecule has 1 fully saturated rings. The van der Waals surface area contributed by atoms with Gasteiger partial charge in [-0.05, 0) is 12.8 Å². The largest absolute Gasteiger partial charge is 0.479 e. The summed E-state index contributed by atoms with van der Waals surface area (Å²) in [7, 11) is 0. The Balaban J connectivity index is 1.97. The predicted octanol–water partition coefficient (Wildman–Crippen LogP) is 1.61. The van der Waals surface area contributed by atoms with E-state index in [-0.39, 0.29) is 0 Å². The lowest BCUT2D eigenvalue weighted by Crippen LogP contribution is -2.10. The third-order valence-electron chi connectivity index (χ3n) is 2.31. The second-order valence-corrected chi connectivity index (χ2v) is 3.05. The van der Waals surface area contributed by atoms with Crippen LogP contribution in [0.3, 0.4) is 0 Å². The number of hydrogen-bond donors (Lipinski definition) is 0. The Hall–Kier alpha value is -0.530. The van der Waals surface area contributed by atoms with Crippen molar-refractivity contribution in [3.05, 3.63) is 0 Å². The van der Waals surface area contributed by atoms with Crippen molar-refractivity contribution >= 4 is 5.90 Å². The van der Waals surface area contributed by atoms with Crippen LogP contribution in [0.25, 0.3) is 0 Å². The van der Waals surface area contributed by atoms with Crippen LogP contribution < -0.4 is 0 Å². The van der Waals surface area contributed by atoms with Crippen molar-refractivity contribution in [3.63, 3.8) is 0 Å². The molecule has 0 amide bonds. The van der Waals surface area contributed by atoms with Gasteiger partial charge in [-0.15, -0.1) is 0 Å². The third kappa shape index (κ3) is 1.02. The van der Waals surface area contributed by atoms with Gasteiger partial charge in [-0.3, -0.25) is 4.99 Å². The molecule has 1 heterocycles. The van der Waals surface area contributed by atoms with Crippen LogP contribution in [0, 0.1) is 5.92 Å². The maximum atomic E-state index is 5.39. The van der Waals surface area contributed by atoms with Crippen LogP contribution in [0.1, 0.15) is 25.7 Å². The van der Waals surface area contributed by atoms with Crippen molar-refractivity contribution in [2.45, 2.75) is 25.7 Å². The summed E-state index contributed by atoms with van der Waals surface area (Å²) >= 11 is 0. The molecule has 0 bridgehead atoms. The summed E-state index contributed by atoms with van der Waals surface area (Å²) in [5.74, 6) is 1.74. The first kappa shape index (κ1) is 6.20. The summed E-state index contributed by atoms with van der Waals surface area (Å²) in [4.78, 5) is 4.31. The van der Waals surface area contributed by atoms with Gasteiger partial charge in [0.25, 0.3) is 0 Å². The molecule has 2 aliphatic rings. The highest BCUT2D eigenvalue weighted by Crippen LogP contribution is 2.27. The fraction of sp³-hybridized carbons (Fsp3) is 0.875. The Kier molecular flexibility index (Phi) is 1.61. The van der Waals surface area contributed by atoms with Crippen LogP contribution in [-0.2, 0) is 4.74 Å². The number of aliphatic imine (C=N–C) groups is 1. The lowest BCUT2D eigenvalue weighted by Gasteiger charge is -2.06. The van der Waals surface area contributed by atoms with Gasteiger partial charge in [0.05, 0.1) is 6.54 Å². The van der Waals surface area contributed by atoms with Gasteiger partial charge in [-0.1, -0.05) is 12.8 Å². The van der Waals surface area contributed by atoms with Gasteiger partial charge < -0.3 is 4.74 Å². The average molecular weight is 139 g/mol. The van der Waals surface area contributed by atoms with E-state index in [0.29, 0.717) is 5.92 Å². The average Bonchev–Trinajstić information content (AvgIpc) is 2.59. The summed E-state index contributed by atoms with van der Waals surface area (Å²) in [6.07, 6.45) is 5.34. The van der Waals surface area contributed by atoms with Crippen molar-refractivity contribution in [1.82, 2.24) is 0 Å². The molecule has 0 aromatic heterocycles. The van der Waals surface area contributed by atoms with E-state index in [2.05, 4.69) is 4.99 Å². The van der Waals surface area contributed by atoms with E-state index in [1.165, 1.54) is 25.7 Å². The minimum Gasteiger partial charge on any atom is -0.479 e. The van der Waals surface area contributed by atoms with E-state index in [1.54, 1.807) is 0 Å². The zero-order valence-electron chi connectivity index (χ0n) is 6.18. The fourth-order valence-corrected chi connectivity index (χ4v) is 1.77. The highest BCUT2D eigenvalue weighted by molar-refractivity contribution is 5.80. The number of hydrogen-bond acceptors (Lipinski definition) is 2. The highest BCUT2D eigenvalue weighted by atomic mass is 16.5. The van der Waals surface area contributed by atoms with E-state index in [1.807, 2.05) is 0 Å². The normalized spacial score (nSPS) is 26.6. The molecule has 56 valence electrons. The molecule has 0 saturated heterocycles. The van der Waals surface area contributed by atoms with E-state index in [9.17, 15) is 0 Å². The molecular formula is C8H13NO. The zero-order chi connectivity index (χ0) is 6.81. The van der Waals surface area contributed by atoms with Gasteiger partial charge in [-0.2, -0.15) is 0 Å². The highest BCUT2D eigenvalue weighted by Gasteiger charge is 2.23. The lowest BCUT2D eigenvalue weighted by atomic mass is 10.1. The van der Waals surface area contributed by atoms with Gasteiger partial charge in [0.1, 0.15) is 6.61 Å². The maximum Gasteiger partial charge on any atom is 0.186 e. The molecule has 0 spiro atoms. The minimum absolute atomic E-state index is 0.683. The van der Waals surface area contributed by atoms with E-state index in [0.717, 1.165) is 19.0 Å². The Labute approximate surface area is 61.3 Å². The molecule has 2 rings (SSSR count). The van der Waals surface area contributed by atoms with Crippen molar-refractivity contribution in [3.8, 4) is 0 Å². The Morgan fingerprint density at radius 2 is 2.10 bits per heavy atom. The van der Waals surface area contributed by atoms with Gasteiger partial charge >= 0.3 is 0 Å². The molecule has 0 radical (unpaired) electrons. The topological polar surface area (TPSA) is 21.6 Å². The summed E-state index contributed by atoms with van der Waals surface area (Å²) in [5, 5.41) is 0. The van der Waals surface area contributed by atoms with Gasteiger partial charge in [0, 0.05) is 5.92 Å². The Morgan fingerprint density at radius 1 is 1.30 bits per heavy atom. The third-order valence-corrected chi connectivity index (χ3v) is 2.31. The Bertz CT molecular complexity index is 147. The maximum absolute atomic E-state index is 5.39. The first-order valence-corrected chi connectivity index (χ1v) is 4.14. The van der Waals surface area contributed by atoms with Crippen LogP contribution in [0.5, 0.6) is 0 Å². The minimum atomic E-state index is 0.683. The van der Waals surface area contributed by atoms with E-state index >= 15 is 0 Å². The zero-order valence-corrected chi connectivity index (χ0v) is 6.18. The van der Waals surface area contributed by atoms with Crippen LogP contribution >= 0.6 is 0 Å². The molecule has 0 aromatic rings. The summed E-state index contributed by atoms with van der Waals surface area (Å²) in [6.45, 7) is 1.72. The molecule has 0 unspecified atom stereocenters. The van der Waals surface area contributed by atoms with Crippen molar-refractivity contribution in [1.29, 1.82) is 0 Å². The molecule has 10 heavy (non-hydrogen) atoms. The molecule has 0 atom stereocenters. The van der Waals surface area contributed by atoms with Crippen molar-refractivity contribution < 1.29 is 4.74 Å². The van der Waals surface area contributed by atoms with E-state index in [4.69, 9.17) is 4.74 Å². The molecular weight excluding hydrogens is 126 g/mol. The standard InChI is InChI=1S/C8H13NO/c1-2-4-7(3-1)8-9-5-6-10-8/h7H,1-6H2. The van der Waals surface area contributed by atoms with Crippen LogP contribution in [0.15, 0.2) is 4.99 Å². The van der Waals surface area contributed by atoms with Gasteiger partial charge in [-0.25, -0.2) is 0 Å². The second-order valence-electron chi connectivity index (χ2n) is 3.05. The lowest BCUT2D eigenvalue weighted by molar-refractivity contribution is 0.322. The van der Waals surface area contributed by atoms with Crippen LogP contribution in [0.2, 0.25) is 0 Å². The number of ether oxygens (including phenoxy) is 1. The number of nitrogens with zero attached hydrogens (tertiary/aromatic N) is 1. The SMILES string of the molecule is C1CCC(C2=NCCO2)C1. The number of rotatable bonds is 1. The molecule has 1 saturated carbocycles. The molecule has 1 aliphatic heterocycles. The van der Waals surface area contributed by atoms with E-state index < -0.39 is 0 Å². The van der Waals surface area contributed by atoms with Crippen molar-refractivity contribution in [2.75, 3.05) is 13.2 Å². The summed E-state index contributed by atoms with van der Waals surface area (Å²) in [5.41, 5.74) is 0. The van der Waals surface area contributed by atoms with Crippen LogP contribution in [0.4, 0.5) is 0 Å². The smallest absolute Gasteiger partial charge is 0.186 e. The first-order chi connectivity index (χ1) is 4.97. The molecule has 1 aliphatic carbocycles.